The molecule has 3 aromatic rings. The number of nitrogens with one attached hydrogen (secondary N) is 2. The number of carbonyl (C=O) groups is 2. The maximum absolute atomic E-state index is 13.3. The standard InChI is InChI=1S/C21H21N3O3S2/c1-27-12-18(25)22-14-5-4-6-15(11-14)23-20(26)19-16-7-10-28-13-17(16)29-21(19)24-8-2-3-9-24/h2-6,8-9,11H,7,10,12-13H2,1H3,(H,22,25)(H,23,26). The van der Waals surface area contributed by atoms with Crippen molar-refractivity contribution in [2.75, 3.05) is 30.1 Å². The van der Waals surface area contributed by atoms with E-state index in [4.69, 9.17) is 4.74 Å². The highest BCUT2D eigenvalue weighted by Crippen LogP contribution is 2.38. The molecule has 0 saturated carbocycles. The molecule has 0 aliphatic carbocycles. The Balaban J connectivity index is 1.61. The van der Waals surface area contributed by atoms with E-state index in [0.29, 0.717) is 11.4 Å². The number of fused-ring (bicyclic) bond motifs is 1. The lowest BCUT2D eigenvalue weighted by molar-refractivity contribution is -0.119. The Morgan fingerprint density at radius 2 is 1.90 bits per heavy atom. The summed E-state index contributed by atoms with van der Waals surface area (Å²) in [4.78, 5) is 26.3. The number of amides is 2. The summed E-state index contributed by atoms with van der Waals surface area (Å²) < 4.78 is 6.84. The molecule has 0 radical (unpaired) electrons. The van der Waals surface area contributed by atoms with Crippen molar-refractivity contribution in [3.05, 3.63) is 64.8 Å². The fourth-order valence-electron chi connectivity index (χ4n) is 3.30. The van der Waals surface area contributed by atoms with Crippen molar-refractivity contribution in [2.24, 2.45) is 0 Å². The summed E-state index contributed by atoms with van der Waals surface area (Å²) in [5.41, 5.74) is 3.14. The van der Waals surface area contributed by atoms with Gasteiger partial charge in [-0.25, -0.2) is 0 Å². The van der Waals surface area contributed by atoms with Crippen molar-refractivity contribution in [3.8, 4) is 5.00 Å². The van der Waals surface area contributed by atoms with Crippen LogP contribution in [0.3, 0.4) is 0 Å². The number of ether oxygens (including phenoxy) is 1. The first-order chi connectivity index (χ1) is 14.2. The van der Waals surface area contributed by atoms with Crippen molar-refractivity contribution in [1.29, 1.82) is 0 Å². The van der Waals surface area contributed by atoms with E-state index in [0.717, 1.165) is 34.1 Å². The summed E-state index contributed by atoms with van der Waals surface area (Å²) in [6, 6.07) is 11.1. The molecular weight excluding hydrogens is 406 g/mol. The smallest absolute Gasteiger partial charge is 0.258 e. The molecule has 0 spiro atoms. The number of rotatable bonds is 6. The van der Waals surface area contributed by atoms with Gasteiger partial charge in [0.2, 0.25) is 5.91 Å². The summed E-state index contributed by atoms with van der Waals surface area (Å²) in [6.45, 7) is -0.0180. The summed E-state index contributed by atoms with van der Waals surface area (Å²) in [6.07, 6.45) is 4.83. The van der Waals surface area contributed by atoms with E-state index in [1.165, 1.54) is 12.0 Å². The van der Waals surface area contributed by atoms with Crippen molar-refractivity contribution < 1.29 is 14.3 Å². The van der Waals surface area contributed by atoms with Gasteiger partial charge in [0.1, 0.15) is 11.6 Å². The molecule has 150 valence electrons. The zero-order valence-electron chi connectivity index (χ0n) is 15.9. The summed E-state index contributed by atoms with van der Waals surface area (Å²) in [5.74, 6) is 1.60. The molecule has 3 heterocycles. The fourth-order valence-corrected chi connectivity index (χ4v) is 5.74. The number of thioether (sulfide) groups is 1. The molecule has 2 amide bonds. The SMILES string of the molecule is COCC(=O)Nc1cccc(NC(=O)c2c(-n3cccc3)sc3c2CCSC3)c1. The predicted molar refractivity (Wildman–Crippen MR) is 118 cm³/mol. The first-order valence-corrected chi connectivity index (χ1v) is 11.2. The van der Waals surface area contributed by atoms with Gasteiger partial charge in [0.15, 0.2) is 0 Å². The number of hydrogen-bond acceptors (Lipinski definition) is 5. The maximum Gasteiger partial charge on any atom is 0.258 e. The van der Waals surface area contributed by atoms with E-state index < -0.39 is 0 Å². The Morgan fingerprint density at radius 3 is 2.66 bits per heavy atom. The number of benzene rings is 1. The summed E-state index contributed by atoms with van der Waals surface area (Å²) in [5, 5.41) is 6.71. The van der Waals surface area contributed by atoms with Gasteiger partial charge in [0, 0.05) is 41.5 Å². The Bertz CT molecular complexity index is 1030. The minimum absolute atomic E-state index is 0.0180. The van der Waals surface area contributed by atoms with Gasteiger partial charge in [-0.3, -0.25) is 9.59 Å². The fraction of sp³-hybridized carbons (Fsp3) is 0.238. The minimum atomic E-state index is -0.240. The van der Waals surface area contributed by atoms with E-state index in [1.807, 2.05) is 46.9 Å². The molecule has 0 unspecified atom stereocenters. The summed E-state index contributed by atoms with van der Waals surface area (Å²) >= 11 is 3.59. The van der Waals surface area contributed by atoms with Crippen LogP contribution in [-0.2, 0) is 21.7 Å². The zero-order valence-corrected chi connectivity index (χ0v) is 17.6. The molecule has 0 bridgehead atoms. The molecule has 2 aromatic heterocycles. The molecule has 1 aliphatic rings. The van der Waals surface area contributed by atoms with Crippen LogP contribution in [0.5, 0.6) is 0 Å². The molecule has 0 atom stereocenters. The minimum Gasteiger partial charge on any atom is -0.375 e. The number of anilines is 2. The predicted octanol–water partition coefficient (Wildman–Crippen LogP) is 4.17. The molecule has 4 rings (SSSR count). The number of hydrogen-bond donors (Lipinski definition) is 2. The molecule has 1 aromatic carbocycles. The first kappa shape index (κ1) is 19.8. The van der Waals surface area contributed by atoms with Gasteiger partial charge in [-0.05, 0) is 48.1 Å². The highest BCUT2D eigenvalue weighted by molar-refractivity contribution is 7.98. The van der Waals surface area contributed by atoms with Crippen LogP contribution in [0.2, 0.25) is 0 Å². The third kappa shape index (κ3) is 4.39. The first-order valence-electron chi connectivity index (χ1n) is 9.21. The molecule has 6 nitrogen and oxygen atoms in total. The van der Waals surface area contributed by atoms with Crippen molar-refractivity contribution in [2.45, 2.75) is 12.2 Å². The Morgan fingerprint density at radius 1 is 1.14 bits per heavy atom. The molecule has 2 N–H and O–H groups in total. The monoisotopic (exact) mass is 427 g/mol. The zero-order chi connectivity index (χ0) is 20.2. The molecule has 29 heavy (non-hydrogen) atoms. The van der Waals surface area contributed by atoms with Crippen molar-refractivity contribution in [1.82, 2.24) is 4.57 Å². The van der Waals surface area contributed by atoms with Gasteiger partial charge in [0.05, 0.1) is 5.56 Å². The lowest BCUT2D eigenvalue weighted by atomic mass is 10.1. The van der Waals surface area contributed by atoms with Gasteiger partial charge >= 0.3 is 0 Å². The molecule has 8 heteroatoms. The average molecular weight is 428 g/mol. The van der Waals surface area contributed by atoms with Gasteiger partial charge in [-0.15, -0.1) is 11.3 Å². The number of nitrogens with zero attached hydrogens (tertiary/aromatic N) is 1. The van der Waals surface area contributed by atoms with Crippen LogP contribution in [0, 0.1) is 0 Å². The van der Waals surface area contributed by atoms with Crippen LogP contribution >= 0.6 is 23.1 Å². The molecule has 0 fully saturated rings. The highest BCUT2D eigenvalue weighted by atomic mass is 32.2. The van der Waals surface area contributed by atoms with Crippen LogP contribution in [0.15, 0.2) is 48.8 Å². The van der Waals surface area contributed by atoms with E-state index in [1.54, 1.807) is 29.5 Å². The number of thiophene rings is 1. The van der Waals surface area contributed by atoms with Crippen LogP contribution in [0.1, 0.15) is 20.8 Å². The van der Waals surface area contributed by atoms with Gasteiger partial charge in [-0.1, -0.05) is 6.07 Å². The molecule has 0 saturated heterocycles. The Hall–Kier alpha value is -2.55. The van der Waals surface area contributed by atoms with Crippen molar-refractivity contribution >= 4 is 46.3 Å². The quantitative estimate of drug-likeness (QED) is 0.619. The summed E-state index contributed by atoms with van der Waals surface area (Å²) in [7, 11) is 1.47. The normalized spacial score (nSPS) is 13.0. The number of methoxy groups -OCH3 is 1. The van der Waals surface area contributed by atoms with Crippen molar-refractivity contribution in [3.63, 3.8) is 0 Å². The van der Waals surface area contributed by atoms with Crippen LogP contribution in [-0.4, -0.2) is 35.9 Å². The number of carbonyl (C=O) groups excluding carboxylic acids is 2. The second-order valence-electron chi connectivity index (χ2n) is 6.59. The highest BCUT2D eigenvalue weighted by Gasteiger charge is 2.26. The van der Waals surface area contributed by atoms with Gasteiger partial charge in [-0.2, -0.15) is 11.8 Å². The van der Waals surface area contributed by atoms with Gasteiger partial charge in [0.25, 0.3) is 5.91 Å². The Kier molecular flexibility index (Phi) is 6.03. The third-order valence-corrected chi connectivity index (χ3v) is 6.96. The second kappa shape index (κ2) is 8.86. The third-order valence-electron chi connectivity index (χ3n) is 4.55. The lowest BCUT2D eigenvalue weighted by Gasteiger charge is -2.14. The van der Waals surface area contributed by atoms with Crippen LogP contribution in [0.4, 0.5) is 11.4 Å². The second-order valence-corrected chi connectivity index (χ2v) is 8.78. The van der Waals surface area contributed by atoms with E-state index in [9.17, 15) is 9.59 Å². The van der Waals surface area contributed by atoms with Gasteiger partial charge < -0.3 is 19.9 Å². The van der Waals surface area contributed by atoms with E-state index >= 15 is 0 Å². The van der Waals surface area contributed by atoms with Crippen LogP contribution in [0.25, 0.3) is 5.00 Å². The Labute approximate surface area is 177 Å². The maximum atomic E-state index is 13.3. The molecule has 1 aliphatic heterocycles. The topological polar surface area (TPSA) is 72.4 Å². The lowest BCUT2D eigenvalue weighted by Crippen LogP contribution is -2.18. The van der Waals surface area contributed by atoms with E-state index in [-0.39, 0.29) is 18.4 Å². The van der Waals surface area contributed by atoms with Crippen LogP contribution < -0.4 is 10.6 Å². The molecular formula is C21H21N3O3S2. The largest absolute Gasteiger partial charge is 0.375 e. The van der Waals surface area contributed by atoms with E-state index in [2.05, 4.69) is 10.6 Å². The number of aromatic nitrogens is 1. The average Bonchev–Trinajstić information content (AvgIpc) is 3.36.